The number of rotatable bonds is 4. The number of nitrogens with zero attached hydrogens (tertiary/aromatic N) is 4. The average molecular weight is 435 g/mol. The average Bonchev–Trinajstić information content (AvgIpc) is 3.58. The van der Waals surface area contributed by atoms with Crippen LogP contribution < -0.4 is 10.1 Å². The van der Waals surface area contributed by atoms with Gasteiger partial charge in [0.1, 0.15) is 5.75 Å². The van der Waals surface area contributed by atoms with Crippen LogP contribution in [-0.4, -0.2) is 43.8 Å². The first-order chi connectivity index (χ1) is 16.2. The van der Waals surface area contributed by atoms with Crippen molar-refractivity contribution in [3.05, 3.63) is 71.8 Å². The number of hydrogen-bond donors (Lipinski definition) is 3. The van der Waals surface area contributed by atoms with E-state index in [1.165, 1.54) is 0 Å². The van der Waals surface area contributed by atoms with Crippen LogP contribution in [0.25, 0.3) is 45.2 Å². The number of aromatic nitrogens is 6. The standard InChI is InChI=1S/C24H17N7O2/c1-33-16-6-8-20-18(12-16)19(24(32)25-20)9-13-5-7-17-21(10-13)26-27-22(17)14-3-2-4-15(11-14)23-28-30-31-29-23/h2-12H,1H3,(H,25,32)(H,26,27)(H,28,29,30,31)/b19-9-. The summed E-state index contributed by atoms with van der Waals surface area (Å²) in [7, 11) is 1.61. The first-order valence-electron chi connectivity index (χ1n) is 10.2. The van der Waals surface area contributed by atoms with E-state index >= 15 is 0 Å². The van der Waals surface area contributed by atoms with Crippen LogP contribution in [0, 0.1) is 0 Å². The number of hydrogen-bond acceptors (Lipinski definition) is 6. The highest BCUT2D eigenvalue weighted by molar-refractivity contribution is 6.35. The van der Waals surface area contributed by atoms with E-state index in [1.807, 2.05) is 66.7 Å². The fourth-order valence-electron chi connectivity index (χ4n) is 4.05. The van der Waals surface area contributed by atoms with Gasteiger partial charge < -0.3 is 10.1 Å². The molecular formula is C24H17N7O2. The number of ether oxygens (including phenoxy) is 1. The normalized spacial score (nSPS) is 14.0. The molecule has 2 aromatic heterocycles. The zero-order chi connectivity index (χ0) is 22.4. The van der Waals surface area contributed by atoms with Gasteiger partial charge in [0.2, 0.25) is 0 Å². The van der Waals surface area contributed by atoms with Gasteiger partial charge in [-0.15, -0.1) is 5.10 Å². The summed E-state index contributed by atoms with van der Waals surface area (Å²) in [5, 5.41) is 25.5. The quantitative estimate of drug-likeness (QED) is 0.368. The Kier molecular flexibility index (Phi) is 4.25. The zero-order valence-corrected chi connectivity index (χ0v) is 17.5. The molecule has 0 aliphatic carbocycles. The van der Waals surface area contributed by atoms with Crippen molar-refractivity contribution >= 4 is 34.1 Å². The summed E-state index contributed by atoms with van der Waals surface area (Å²) in [6.07, 6.45) is 1.87. The molecule has 0 unspecified atom stereocenters. The fraction of sp³-hybridized carbons (Fsp3) is 0.0417. The lowest BCUT2D eigenvalue weighted by Crippen LogP contribution is -2.03. The second-order valence-corrected chi connectivity index (χ2v) is 7.63. The van der Waals surface area contributed by atoms with E-state index in [0.29, 0.717) is 17.1 Å². The maximum atomic E-state index is 12.6. The second kappa shape index (κ2) is 7.41. The number of fused-ring (bicyclic) bond motifs is 2. The van der Waals surface area contributed by atoms with Crippen LogP contribution in [0.3, 0.4) is 0 Å². The summed E-state index contributed by atoms with van der Waals surface area (Å²) in [5.74, 6) is 1.16. The Morgan fingerprint density at radius 2 is 1.88 bits per heavy atom. The summed E-state index contributed by atoms with van der Waals surface area (Å²) in [6.45, 7) is 0. The highest BCUT2D eigenvalue weighted by Gasteiger charge is 2.24. The fourth-order valence-corrected chi connectivity index (χ4v) is 4.05. The van der Waals surface area contributed by atoms with Crippen molar-refractivity contribution in [2.75, 3.05) is 12.4 Å². The highest BCUT2D eigenvalue weighted by atomic mass is 16.5. The number of carbonyl (C=O) groups is 1. The lowest BCUT2D eigenvalue weighted by atomic mass is 10.0. The lowest BCUT2D eigenvalue weighted by Gasteiger charge is -2.03. The topological polar surface area (TPSA) is 121 Å². The van der Waals surface area contributed by atoms with Crippen LogP contribution in [0.4, 0.5) is 5.69 Å². The van der Waals surface area contributed by atoms with Crippen molar-refractivity contribution in [2.24, 2.45) is 0 Å². The molecule has 0 fully saturated rings. The number of H-pyrrole nitrogens is 2. The molecule has 0 radical (unpaired) electrons. The minimum Gasteiger partial charge on any atom is -0.497 e. The molecule has 1 amide bonds. The summed E-state index contributed by atoms with van der Waals surface area (Å²) in [4.78, 5) is 12.6. The minimum absolute atomic E-state index is 0.137. The number of carbonyl (C=O) groups excluding carboxylic acids is 1. The second-order valence-electron chi connectivity index (χ2n) is 7.63. The molecule has 3 N–H and O–H groups in total. The van der Waals surface area contributed by atoms with Gasteiger partial charge in [0.25, 0.3) is 5.91 Å². The van der Waals surface area contributed by atoms with Crippen LogP contribution in [0.1, 0.15) is 11.1 Å². The number of tetrazole rings is 1. The van der Waals surface area contributed by atoms with E-state index in [9.17, 15) is 4.79 Å². The Morgan fingerprint density at radius 1 is 0.970 bits per heavy atom. The van der Waals surface area contributed by atoms with Crippen molar-refractivity contribution in [3.8, 4) is 28.4 Å². The van der Waals surface area contributed by atoms with E-state index in [-0.39, 0.29) is 5.91 Å². The molecule has 6 rings (SSSR count). The SMILES string of the molecule is COc1ccc2c(c1)/C(=C/c1ccc3c(-c4cccc(-c5nnn[nH]5)c4)n[nH]c3c1)C(=O)N2. The zero-order valence-electron chi connectivity index (χ0n) is 17.5. The first kappa shape index (κ1) is 18.9. The molecule has 9 heteroatoms. The van der Waals surface area contributed by atoms with Gasteiger partial charge in [-0.2, -0.15) is 5.10 Å². The Balaban J connectivity index is 1.38. The van der Waals surface area contributed by atoms with Gasteiger partial charge in [0.05, 0.1) is 18.3 Å². The van der Waals surface area contributed by atoms with Gasteiger partial charge in [0.15, 0.2) is 5.82 Å². The maximum absolute atomic E-state index is 12.6. The molecule has 0 saturated heterocycles. The van der Waals surface area contributed by atoms with E-state index < -0.39 is 0 Å². The van der Waals surface area contributed by atoms with Crippen LogP contribution in [-0.2, 0) is 4.79 Å². The molecule has 1 aliphatic heterocycles. The molecule has 0 bridgehead atoms. The summed E-state index contributed by atoms with van der Waals surface area (Å²) in [5.41, 5.74) is 6.59. The molecular weight excluding hydrogens is 418 g/mol. The van der Waals surface area contributed by atoms with E-state index in [4.69, 9.17) is 4.74 Å². The van der Waals surface area contributed by atoms with Crippen molar-refractivity contribution < 1.29 is 9.53 Å². The van der Waals surface area contributed by atoms with Crippen LogP contribution in [0.2, 0.25) is 0 Å². The van der Waals surface area contributed by atoms with Gasteiger partial charge >= 0.3 is 0 Å². The van der Waals surface area contributed by atoms with Gasteiger partial charge in [-0.1, -0.05) is 24.3 Å². The predicted molar refractivity (Wildman–Crippen MR) is 124 cm³/mol. The van der Waals surface area contributed by atoms with Crippen LogP contribution in [0.5, 0.6) is 5.75 Å². The van der Waals surface area contributed by atoms with Gasteiger partial charge in [-0.3, -0.25) is 9.89 Å². The number of nitrogens with one attached hydrogen (secondary N) is 3. The summed E-state index contributed by atoms with van der Waals surface area (Å²) >= 11 is 0. The molecule has 0 saturated carbocycles. The van der Waals surface area contributed by atoms with Gasteiger partial charge in [-0.25, -0.2) is 5.10 Å². The van der Waals surface area contributed by atoms with Crippen molar-refractivity contribution in [3.63, 3.8) is 0 Å². The molecule has 1 aliphatic rings. The molecule has 0 spiro atoms. The molecule has 5 aromatic rings. The molecule has 9 nitrogen and oxygen atoms in total. The van der Waals surface area contributed by atoms with E-state index in [2.05, 4.69) is 36.1 Å². The van der Waals surface area contributed by atoms with E-state index in [1.54, 1.807) is 7.11 Å². The number of aromatic amines is 2. The predicted octanol–water partition coefficient (Wildman–Crippen LogP) is 3.91. The maximum Gasteiger partial charge on any atom is 0.256 e. The molecule has 3 heterocycles. The highest BCUT2D eigenvalue weighted by Crippen LogP contribution is 2.36. The largest absolute Gasteiger partial charge is 0.497 e. The van der Waals surface area contributed by atoms with E-state index in [0.717, 1.165) is 44.5 Å². The third kappa shape index (κ3) is 3.23. The third-order valence-corrected chi connectivity index (χ3v) is 5.66. The number of benzene rings is 3. The Hall–Kier alpha value is -4.79. The number of amides is 1. The van der Waals surface area contributed by atoms with Crippen LogP contribution >= 0.6 is 0 Å². The molecule has 33 heavy (non-hydrogen) atoms. The molecule has 3 aromatic carbocycles. The number of methoxy groups -OCH3 is 1. The Labute approximate surface area is 187 Å². The van der Waals surface area contributed by atoms with Crippen molar-refractivity contribution in [1.82, 2.24) is 30.8 Å². The summed E-state index contributed by atoms with van der Waals surface area (Å²) in [6, 6.07) is 19.4. The van der Waals surface area contributed by atoms with Crippen LogP contribution in [0.15, 0.2) is 60.7 Å². The molecule has 160 valence electrons. The third-order valence-electron chi connectivity index (χ3n) is 5.66. The Morgan fingerprint density at radius 3 is 2.73 bits per heavy atom. The number of anilines is 1. The minimum atomic E-state index is -0.137. The van der Waals surface area contributed by atoms with Gasteiger partial charge in [-0.05, 0) is 58.5 Å². The van der Waals surface area contributed by atoms with Crippen molar-refractivity contribution in [2.45, 2.75) is 0 Å². The summed E-state index contributed by atoms with van der Waals surface area (Å²) < 4.78 is 5.32. The monoisotopic (exact) mass is 435 g/mol. The van der Waals surface area contributed by atoms with Gasteiger partial charge in [0, 0.05) is 33.3 Å². The Bertz CT molecular complexity index is 1550. The smallest absolute Gasteiger partial charge is 0.256 e. The first-order valence-corrected chi connectivity index (χ1v) is 10.2. The van der Waals surface area contributed by atoms with Crippen molar-refractivity contribution in [1.29, 1.82) is 0 Å². The molecule has 0 atom stereocenters. The lowest BCUT2D eigenvalue weighted by molar-refractivity contribution is -0.110.